The minimum absolute atomic E-state index is 0.00906. The third-order valence-electron chi connectivity index (χ3n) is 4.62. The second-order valence-corrected chi connectivity index (χ2v) is 8.45. The summed E-state index contributed by atoms with van der Waals surface area (Å²) < 4.78 is 27.2. The Labute approximate surface area is 183 Å². The summed E-state index contributed by atoms with van der Waals surface area (Å²) in [5, 5.41) is 22.4. The maximum atomic E-state index is 13.4. The van der Waals surface area contributed by atoms with Crippen LogP contribution in [0.4, 0.5) is 17.1 Å². The highest BCUT2D eigenvalue weighted by atomic mass is 32.2. The number of aryl methyl sites for hydroxylation is 1. The Morgan fingerprint density at radius 1 is 0.875 bits per heavy atom. The van der Waals surface area contributed by atoms with Crippen molar-refractivity contribution in [3.8, 4) is 0 Å². The smallest absolute Gasteiger partial charge is 0.268 e. The van der Waals surface area contributed by atoms with E-state index in [1.54, 1.807) is 18.2 Å². The van der Waals surface area contributed by atoms with Crippen LogP contribution in [0.15, 0.2) is 77.7 Å². The Kier molecular flexibility index (Phi) is 6.30. The van der Waals surface area contributed by atoms with E-state index in [2.05, 4.69) is 0 Å². The molecule has 11 heteroatoms. The number of hydrogen-bond donors (Lipinski definition) is 0. The van der Waals surface area contributed by atoms with Crippen LogP contribution < -0.4 is 4.31 Å². The first kappa shape index (κ1) is 22.6. The fraction of sp³-hybridized carbons (Fsp3) is 0.0952. The lowest BCUT2D eigenvalue weighted by molar-refractivity contribution is -0.394. The van der Waals surface area contributed by atoms with Gasteiger partial charge in [0.25, 0.3) is 27.3 Å². The van der Waals surface area contributed by atoms with Crippen LogP contribution in [0.3, 0.4) is 0 Å². The molecule has 3 aromatic carbocycles. The summed E-state index contributed by atoms with van der Waals surface area (Å²) in [4.78, 5) is 33.8. The van der Waals surface area contributed by atoms with Crippen molar-refractivity contribution in [1.82, 2.24) is 0 Å². The number of amides is 1. The minimum atomic E-state index is -4.44. The lowest BCUT2D eigenvalue weighted by atomic mass is 10.1. The second-order valence-electron chi connectivity index (χ2n) is 6.66. The van der Waals surface area contributed by atoms with Crippen LogP contribution in [0.25, 0.3) is 0 Å². The molecule has 0 aromatic heterocycles. The average Bonchev–Trinajstić information content (AvgIpc) is 2.79. The predicted octanol–water partition coefficient (Wildman–Crippen LogP) is 4.10. The summed E-state index contributed by atoms with van der Waals surface area (Å²) in [5.41, 5.74) is -1.04. The van der Waals surface area contributed by atoms with E-state index in [4.69, 9.17) is 0 Å². The standard InChI is InChI=1S/C21H17N3O7S/c1-2-15-8-10-17(11-9-15)22(32(30,31)20-6-4-3-5-7-20)21(25)16-12-18(23(26)27)14-19(13-16)24(28)29/h3-14H,2H2,1H3. The summed E-state index contributed by atoms with van der Waals surface area (Å²) in [7, 11) is -4.44. The van der Waals surface area contributed by atoms with Crippen LogP contribution in [-0.2, 0) is 16.4 Å². The average molecular weight is 455 g/mol. The van der Waals surface area contributed by atoms with Gasteiger partial charge >= 0.3 is 0 Å². The van der Waals surface area contributed by atoms with Crippen LogP contribution >= 0.6 is 0 Å². The van der Waals surface area contributed by atoms with Crippen LogP contribution in [-0.4, -0.2) is 24.2 Å². The van der Waals surface area contributed by atoms with E-state index in [-0.39, 0.29) is 10.6 Å². The minimum Gasteiger partial charge on any atom is -0.268 e. The topological polar surface area (TPSA) is 141 Å². The third kappa shape index (κ3) is 4.47. The molecule has 0 fully saturated rings. The van der Waals surface area contributed by atoms with Gasteiger partial charge in [0, 0.05) is 12.1 Å². The normalized spacial score (nSPS) is 11.0. The van der Waals surface area contributed by atoms with Crippen molar-refractivity contribution in [3.05, 3.63) is 104 Å². The lowest BCUT2D eigenvalue weighted by Crippen LogP contribution is -2.37. The van der Waals surface area contributed by atoms with Crippen LogP contribution in [0.5, 0.6) is 0 Å². The van der Waals surface area contributed by atoms with Gasteiger partial charge in [0.15, 0.2) is 0 Å². The summed E-state index contributed by atoms with van der Waals surface area (Å²) in [6, 6.07) is 15.6. The molecule has 0 N–H and O–H groups in total. The van der Waals surface area contributed by atoms with E-state index in [9.17, 15) is 33.4 Å². The molecule has 3 aromatic rings. The van der Waals surface area contributed by atoms with E-state index >= 15 is 0 Å². The number of hydrogen-bond acceptors (Lipinski definition) is 7. The fourth-order valence-corrected chi connectivity index (χ4v) is 4.41. The molecule has 32 heavy (non-hydrogen) atoms. The van der Waals surface area contributed by atoms with Crippen molar-refractivity contribution in [2.75, 3.05) is 4.31 Å². The Hall–Kier alpha value is -4.12. The van der Waals surface area contributed by atoms with Gasteiger partial charge in [-0.3, -0.25) is 25.0 Å². The van der Waals surface area contributed by atoms with Crippen molar-refractivity contribution in [1.29, 1.82) is 0 Å². The molecule has 1 amide bonds. The van der Waals surface area contributed by atoms with E-state index in [1.807, 2.05) is 6.92 Å². The van der Waals surface area contributed by atoms with Crippen molar-refractivity contribution in [3.63, 3.8) is 0 Å². The van der Waals surface area contributed by atoms with Crippen molar-refractivity contribution in [2.45, 2.75) is 18.2 Å². The van der Waals surface area contributed by atoms with Gasteiger partial charge < -0.3 is 0 Å². The molecule has 0 unspecified atom stereocenters. The molecular formula is C21H17N3O7S. The highest BCUT2D eigenvalue weighted by molar-refractivity contribution is 7.93. The second kappa shape index (κ2) is 8.94. The number of anilines is 1. The van der Waals surface area contributed by atoms with Crippen LogP contribution in [0, 0.1) is 20.2 Å². The molecule has 0 spiro atoms. The molecule has 3 rings (SSSR count). The van der Waals surface area contributed by atoms with Crippen LogP contribution in [0.2, 0.25) is 0 Å². The van der Waals surface area contributed by atoms with E-state index in [0.29, 0.717) is 16.8 Å². The first-order valence-corrected chi connectivity index (χ1v) is 10.8. The number of benzene rings is 3. The first-order valence-electron chi connectivity index (χ1n) is 9.32. The number of sulfonamides is 1. The van der Waals surface area contributed by atoms with E-state index < -0.39 is 42.7 Å². The number of rotatable bonds is 7. The number of non-ortho nitro benzene ring substituents is 2. The molecule has 0 saturated heterocycles. The van der Waals surface area contributed by atoms with Crippen molar-refractivity contribution in [2.24, 2.45) is 0 Å². The van der Waals surface area contributed by atoms with Gasteiger partial charge in [-0.25, -0.2) is 8.42 Å². The Balaban J connectivity index is 2.23. The zero-order valence-corrected chi connectivity index (χ0v) is 17.6. The highest BCUT2D eigenvalue weighted by Crippen LogP contribution is 2.29. The molecule has 0 bridgehead atoms. The van der Waals surface area contributed by atoms with Gasteiger partial charge in [-0.2, -0.15) is 4.31 Å². The van der Waals surface area contributed by atoms with Gasteiger partial charge in [-0.1, -0.05) is 37.3 Å². The third-order valence-corrected chi connectivity index (χ3v) is 6.34. The maximum absolute atomic E-state index is 13.4. The van der Waals surface area contributed by atoms with Crippen molar-refractivity contribution >= 4 is 33.0 Å². The summed E-state index contributed by atoms with van der Waals surface area (Å²) >= 11 is 0. The van der Waals surface area contributed by atoms with Crippen molar-refractivity contribution < 1.29 is 23.1 Å². The zero-order valence-electron chi connectivity index (χ0n) is 16.7. The number of nitrogens with zero attached hydrogens (tertiary/aromatic N) is 3. The Bertz CT molecular complexity index is 1260. The molecule has 0 atom stereocenters. The maximum Gasteiger partial charge on any atom is 0.277 e. The molecule has 0 radical (unpaired) electrons. The number of nitro benzene ring substituents is 2. The molecule has 0 aliphatic carbocycles. The molecule has 164 valence electrons. The van der Waals surface area contributed by atoms with Gasteiger partial charge in [0.1, 0.15) is 0 Å². The van der Waals surface area contributed by atoms with Gasteiger partial charge in [0.2, 0.25) is 0 Å². The van der Waals surface area contributed by atoms with Gasteiger partial charge in [0.05, 0.1) is 32.1 Å². The number of carbonyl (C=O) groups is 1. The lowest BCUT2D eigenvalue weighted by Gasteiger charge is -2.23. The molecular weight excluding hydrogens is 438 g/mol. The largest absolute Gasteiger partial charge is 0.277 e. The van der Waals surface area contributed by atoms with Gasteiger partial charge in [-0.05, 0) is 36.2 Å². The van der Waals surface area contributed by atoms with Gasteiger partial charge in [-0.15, -0.1) is 0 Å². The number of carbonyl (C=O) groups excluding carboxylic acids is 1. The summed E-state index contributed by atoms with van der Waals surface area (Å²) in [6.45, 7) is 1.90. The molecule has 0 aliphatic heterocycles. The Morgan fingerprint density at radius 3 is 1.88 bits per heavy atom. The quantitative estimate of drug-likeness (QED) is 0.386. The predicted molar refractivity (Wildman–Crippen MR) is 116 cm³/mol. The fourth-order valence-electron chi connectivity index (χ4n) is 2.98. The van der Waals surface area contributed by atoms with E-state index in [0.717, 1.165) is 17.7 Å². The molecule has 10 nitrogen and oxygen atoms in total. The zero-order chi connectivity index (χ0) is 23.5. The number of nitro groups is 2. The molecule has 0 aliphatic rings. The molecule has 0 heterocycles. The highest BCUT2D eigenvalue weighted by Gasteiger charge is 2.33. The SMILES string of the molecule is CCc1ccc(N(C(=O)c2cc([N+](=O)[O-])cc([N+](=O)[O-])c2)S(=O)(=O)c2ccccc2)cc1. The first-order chi connectivity index (χ1) is 15.1. The van der Waals surface area contributed by atoms with Crippen LogP contribution in [0.1, 0.15) is 22.8 Å². The summed E-state index contributed by atoms with van der Waals surface area (Å²) in [6.07, 6.45) is 0.677. The van der Waals surface area contributed by atoms with E-state index in [1.165, 1.54) is 36.4 Å². The summed E-state index contributed by atoms with van der Waals surface area (Å²) in [5.74, 6) is -1.16. The molecule has 0 saturated carbocycles. The monoisotopic (exact) mass is 455 g/mol. The Morgan fingerprint density at radius 2 is 1.41 bits per heavy atom.